The summed E-state index contributed by atoms with van der Waals surface area (Å²) < 4.78 is 0. The normalized spacial score (nSPS) is 13.1. The van der Waals surface area contributed by atoms with E-state index in [-0.39, 0.29) is 0 Å². The molecule has 0 spiro atoms. The van der Waals surface area contributed by atoms with E-state index >= 15 is 0 Å². The lowest BCUT2D eigenvalue weighted by molar-refractivity contribution is 0.412. The Morgan fingerprint density at radius 1 is 1.12 bits per heavy atom. The summed E-state index contributed by atoms with van der Waals surface area (Å²) in [5.41, 5.74) is 4.19. The number of hydrogen-bond donors (Lipinski definition) is 1. The van der Waals surface area contributed by atoms with Crippen LogP contribution in [0.3, 0.4) is 0 Å². The van der Waals surface area contributed by atoms with E-state index in [0.29, 0.717) is 12.0 Å². The Balaban J connectivity index is 2.88. The quantitative estimate of drug-likeness (QED) is 0.789. The summed E-state index contributed by atoms with van der Waals surface area (Å²) >= 11 is 0. The van der Waals surface area contributed by atoms with E-state index in [1.807, 2.05) is 0 Å². The molecule has 1 aromatic rings. The van der Waals surface area contributed by atoms with Gasteiger partial charge in [0, 0.05) is 6.04 Å². The first-order valence-corrected chi connectivity index (χ1v) is 6.36. The molecule has 1 N–H and O–H groups in total. The topological polar surface area (TPSA) is 12.0 Å². The van der Waals surface area contributed by atoms with Crippen LogP contribution >= 0.6 is 0 Å². The molecule has 0 heterocycles. The monoisotopic (exact) mass is 219 g/mol. The maximum Gasteiger partial charge on any atom is 0.0343 e. The van der Waals surface area contributed by atoms with E-state index in [2.05, 4.69) is 58.1 Å². The molecule has 0 aliphatic carbocycles. The molecule has 0 aliphatic rings. The molecule has 0 saturated heterocycles. The van der Waals surface area contributed by atoms with Crippen molar-refractivity contribution < 1.29 is 0 Å². The molecular formula is C15H25N. The van der Waals surface area contributed by atoms with Crippen molar-refractivity contribution >= 4 is 0 Å². The van der Waals surface area contributed by atoms with E-state index in [9.17, 15) is 0 Å². The van der Waals surface area contributed by atoms with Gasteiger partial charge in [-0.25, -0.2) is 0 Å². The van der Waals surface area contributed by atoms with Crippen LogP contribution in [-0.2, 0) is 0 Å². The summed E-state index contributed by atoms with van der Waals surface area (Å²) in [6, 6.07) is 7.30. The Morgan fingerprint density at radius 3 is 2.31 bits per heavy atom. The Morgan fingerprint density at radius 2 is 1.81 bits per heavy atom. The zero-order valence-electron chi connectivity index (χ0n) is 11.3. The first-order chi connectivity index (χ1) is 7.56. The second kappa shape index (κ2) is 6.05. The second-order valence-electron chi connectivity index (χ2n) is 5.02. The number of rotatable bonds is 5. The van der Waals surface area contributed by atoms with E-state index in [4.69, 9.17) is 0 Å². The SMILES string of the molecule is CCCNC(c1ccc(C)c(C)c1)C(C)C. The largest absolute Gasteiger partial charge is 0.310 e. The fourth-order valence-corrected chi connectivity index (χ4v) is 2.00. The van der Waals surface area contributed by atoms with Crippen LogP contribution in [-0.4, -0.2) is 6.54 Å². The Kier molecular flexibility index (Phi) is 5.01. The zero-order valence-corrected chi connectivity index (χ0v) is 11.3. The van der Waals surface area contributed by atoms with Gasteiger partial charge in [0.1, 0.15) is 0 Å². The van der Waals surface area contributed by atoms with Crippen LogP contribution in [0.25, 0.3) is 0 Å². The molecule has 1 unspecified atom stereocenters. The average Bonchev–Trinajstić information content (AvgIpc) is 2.23. The third kappa shape index (κ3) is 3.34. The van der Waals surface area contributed by atoms with Crippen molar-refractivity contribution in [3.05, 3.63) is 34.9 Å². The third-order valence-corrected chi connectivity index (χ3v) is 3.17. The standard InChI is InChI=1S/C15H25N/c1-6-9-16-15(11(2)3)14-8-7-12(4)13(5)10-14/h7-8,10-11,15-16H,6,9H2,1-5H3. The predicted octanol–water partition coefficient (Wildman–Crippen LogP) is 4.00. The molecule has 0 aliphatic heterocycles. The zero-order chi connectivity index (χ0) is 12.1. The lowest BCUT2D eigenvalue weighted by Gasteiger charge is -2.23. The highest BCUT2D eigenvalue weighted by Gasteiger charge is 2.14. The van der Waals surface area contributed by atoms with Crippen LogP contribution in [0.4, 0.5) is 0 Å². The molecule has 1 rings (SSSR count). The van der Waals surface area contributed by atoms with E-state index < -0.39 is 0 Å². The van der Waals surface area contributed by atoms with Gasteiger partial charge in [-0.1, -0.05) is 39.0 Å². The van der Waals surface area contributed by atoms with E-state index in [1.165, 1.54) is 23.1 Å². The van der Waals surface area contributed by atoms with Crippen LogP contribution in [0.2, 0.25) is 0 Å². The molecule has 1 nitrogen and oxygen atoms in total. The first kappa shape index (κ1) is 13.2. The summed E-state index contributed by atoms with van der Waals surface area (Å²) in [7, 11) is 0. The van der Waals surface area contributed by atoms with E-state index in [1.54, 1.807) is 0 Å². The van der Waals surface area contributed by atoms with Crippen molar-refractivity contribution in [3.8, 4) is 0 Å². The van der Waals surface area contributed by atoms with Gasteiger partial charge in [0.15, 0.2) is 0 Å². The molecule has 0 bridgehead atoms. The molecule has 0 saturated carbocycles. The first-order valence-electron chi connectivity index (χ1n) is 6.36. The van der Waals surface area contributed by atoms with Gasteiger partial charge in [-0.15, -0.1) is 0 Å². The van der Waals surface area contributed by atoms with Crippen LogP contribution in [0.15, 0.2) is 18.2 Å². The molecule has 0 radical (unpaired) electrons. The molecule has 1 heteroatoms. The highest BCUT2D eigenvalue weighted by molar-refractivity contribution is 5.31. The van der Waals surface area contributed by atoms with Gasteiger partial charge in [-0.2, -0.15) is 0 Å². The summed E-state index contributed by atoms with van der Waals surface area (Å²) in [6.45, 7) is 12.2. The van der Waals surface area contributed by atoms with Crippen molar-refractivity contribution in [3.63, 3.8) is 0 Å². The number of hydrogen-bond acceptors (Lipinski definition) is 1. The molecule has 16 heavy (non-hydrogen) atoms. The van der Waals surface area contributed by atoms with Crippen LogP contribution in [0, 0.1) is 19.8 Å². The number of nitrogens with one attached hydrogen (secondary N) is 1. The minimum Gasteiger partial charge on any atom is -0.310 e. The number of benzene rings is 1. The number of aryl methyl sites for hydroxylation is 2. The predicted molar refractivity (Wildman–Crippen MR) is 71.8 cm³/mol. The van der Waals surface area contributed by atoms with Crippen LogP contribution in [0.5, 0.6) is 0 Å². The summed E-state index contributed by atoms with van der Waals surface area (Å²) in [4.78, 5) is 0. The minimum absolute atomic E-state index is 0.485. The molecule has 90 valence electrons. The molecule has 0 fully saturated rings. The fraction of sp³-hybridized carbons (Fsp3) is 0.600. The highest BCUT2D eigenvalue weighted by Crippen LogP contribution is 2.23. The molecule has 1 atom stereocenters. The van der Waals surface area contributed by atoms with Crippen LogP contribution < -0.4 is 5.32 Å². The van der Waals surface area contributed by atoms with Gasteiger partial charge in [-0.05, 0) is 49.4 Å². The maximum absolute atomic E-state index is 3.63. The highest BCUT2D eigenvalue weighted by atomic mass is 14.9. The summed E-state index contributed by atoms with van der Waals surface area (Å²) in [5.74, 6) is 0.633. The van der Waals surface area contributed by atoms with Crippen molar-refractivity contribution in [2.75, 3.05) is 6.54 Å². The van der Waals surface area contributed by atoms with Gasteiger partial charge in [0.2, 0.25) is 0 Å². The third-order valence-electron chi connectivity index (χ3n) is 3.17. The van der Waals surface area contributed by atoms with Crippen molar-refractivity contribution in [1.29, 1.82) is 0 Å². The molecule has 0 amide bonds. The van der Waals surface area contributed by atoms with Gasteiger partial charge in [0.05, 0.1) is 0 Å². The van der Waals surface area contributed by atoms with Gasteiger partial charge < -0.3 is 5.32 Å². The van der Waals surface area contributed by atoms with Crippen LogP contribution in [0.1, 0.15) is 49.9 Å². The summed E-state index contributed by atoms with van der Waals surface area (Å²) in [6.07, 6.45) is 1.19. The molecular weight excluding hydrogens is 194 g/mol. The fourth-order valence-electron chi connectivity index (χ4n) is 2.00. The minimum atomic E-state index is 0.485. The lowest BCUT2D eigenvalue weighted by atomic mass is 9.93. The lowest BCUT2D eigenvalue weighted by Crippen LogP contribution is -2.26. The van der Waals surface area contributed by atoms with Gasteiger partial charge in [0.25, 0.3) is 0 Å². The second-order valence-corrected chi connectivity index (χ2v) is 5.02. The van der Waals surface area contributed by atoms with Gasteiger partial charge >= 0.3 is 0 Å². The molecule has 0 aromatic heterocycles. The van der Waals surface area contributed by atoms with Crippen molar-refractivity contribution in [2.24, 2.45) is 5.92 Å². The maximum atomic E-state index is 3.63. The smallest absolute Gasteiger partial charge is 0.0343 e. The summed E-state index contributed by atoms with van der Waals surface area (Å²) in [5, 5.41) is 3.63. The average molecular weight is 219 g/mol. The Labute approximate surface area is 100 Å². The Bertz CT molecular complexity index is 328. The molecule has 1 aromatic carbocycles. The van der Waals surface area contributed by atoms with Gasteiger partial charge in [-0.3, -0.25) is 0 Å². The van der Waals surface area contributed by atoms with Crippen molar-refractivity contribution in [1.82, 2.24) is 5.32 Å². The Hall–Kier alpha value is -0.820. The van der Waals surface area contributed by atoms with E-state index in [0.717, 1.165) is 6.54 Å². The van der Waals surface area contributed by atoms with Crippen molar-refractivity contribution in [2.45, 2.75) is 47.1 Å².